The summed E-state index contributed by atoms with van der Waals surface area (Å²) < 4.78 is 0. The number of fused-ring (bicyclic) bond motifs is 5. The van der Waals surface area contributed by atoms with E-state index in [0.717, 1.165) is 0 Å². The first-order valence-electron chi connectivity index (χ1n) is 53.3. The second-order valence-corrected chi connectivity index (χ2v) is 33.8. The number of rotatable bonds is 2. The third-order valence-electron chi connectivity index (χ3n) is 21.6. The predicted octanol–water partition coefficient (Wildman–Crippen LogP) is 45.2. The van der Waals surface area contributed by atoms with Gasteiger partial charge in [0.2, 0.25) is 0 Å². The summed E-state index contributed by atoms with van der Waals surface area (Å²) in [4.78, 5) is 0. The van der Waals surface area contributed by atoms with Gasteiger partial charge in [-0.05, 0) is 191 Å². The number of benzene rings is 22. The minimum atomic E-state index is 1.28. The van der Waals surface area contributed by atoms with E-state index in [-0.39, 0.29) is 0 Å². The van der Waals surface area contributed by atoms with Crippen molar-refractivity contribution in [3.8, 4) is 22.3 Å². The number of hydrogen-bond donors (Lipinski definition) is 0. The van der Waals surface area contributed by atoms with Crippen LogP contribution in [0.4, 0.5) is 0 Å². The Morgan fingerprint density at radius 3 is 0.396 bits per heavy atom. The Balaban J connectivity index is 0.000000538. The highest BCUT2D eigenvalue weighted by molar-refractivity contribution is 5.87. The normalized spacial score (nSPS) is 9.04. The van der Waals surface area contributed by atoms with Gasteiger partial charge in [0, 0.05) is 0 Å². The van der Waals surface area contributed by atoms with Crippen molar-refractivity contribution in [3.63, 3.8) is 0 Å². The quantitative estimate of drug-likeness (QED) is 0.162. The zero-order chi connectivity index (χ0) is 110. The lowest BCUT2D eigenvalue weighted by atomic mass is 10.0. The van der Waals surface area contributed by atoms with Crippen molar-refractivity contribution >= 4 is 53.9 Å². The molecule has 0 heterocycles. The molecule has 0 atom stereocenters. The molecule has 149 heavy (non-hydrogen) atoms. The van der Waals surface area contributed by atoms with Crippen LogP contribution >= 0.6 is 0 Å². The van der Waals surface area contributed by atoms with Gasteiger partial charge in [-0.25, -0.2) is 0 Å². The fraction of sp³-hybridized carbons (Fsp3) is 0.181. The van der Waals surface area contributed by atoms with E-state index >= 15 is 0 Å². The summed E-state index contributed by atoms with van der Waals surface area (Å²) in [6, 6.07) is 195. The van der Waals surface area contributed by atoms with E-state index < -0.39 is 0 Å². The van der Waals surface area contributed by atoms with Gasteiger partial charge in [0.25, 0.3) is 0 Å². The molecule has 0 amide bonds. The summed E-state index contributed by atoms with van der Waals surface area (Å²) in [5.41, 5.74) is 25.0. The van der Waals surface area contributed by atoms with E-state index in [1.54, 1.807) is 0 Å². The van der Waals surface area contributed by atoms with Gasteiger partial charge in [0.1, 0.15) is 0 Å². The van der Waals surface area contributed by atoms with E-state index in [1.165, 1.54) is 160 Å². The third kappa shape index (κ3) is 59.4. The van der Waals surface area contributed by atoms with Crippen molar-refractivity contribution in [2.45, 2.75) is 187 Å². The summed E-state index contributed by atoms with van der Waals surface area (Å²) in [5, 5.41) is 13.3. The summed E-state index contributed by atoms with van der Waals surface area (Å²) in [6.07, 6.45) is 0. The second-order valence-electron chi connectivity index (χ2n) is 33.8. The van der Waals surface area contributed by atoms with Gasteiger partial charge in [-0.2, -0.15) is 0 Å². The fourth-order valence-corrected chi connectivity index (χ4v) is 13.7. The van der Waals surface area contributed by atoms with E-state index in [0.29, 0.717) is 0 Å². The summed E-state index contributed by atoms with van der Waals surface area (Å²) in [7, 11) is 0. The van der Waals surface area contributed by atoms with Gasteiger partial charge in [-0.3, -0.25) is 0 Å². The van der Waals surface area contributed by atoms with Gasteiger partial charge < -0.3 is 0 Å². The molecule has 0 fully saturated rings. The molecular weight excluding hydrogens is 1790 g/mol. The first-order valence-corrected chi connectivity index (χ1v) is 53.3. The fourth-order valence-electron chi connectivity index (χ4n) is 13.7. The summed E-state index contributed by atoms with van der Waals surface area (Å²) in [6.45, 7) is 55.5. The van der Waals surface area contributed by atoms with Crippen LogP contribution in [0.2, 0.25) is 0 Å². The molecule has 22 aromatic rings. The molecule has 0 aliphatic rings. The Morgan fingerprint density at radius 1 is 0.0872 bits per heavy atom. The Hall–Kier alpha value is -15.9. The van der Waals surface area contributed by atoms with Crippen molar-refractivity contribution in [3.05, 3.63) is 648 Å². The molecule has 0 nitrogen and oxygen atoms in total. The lowest BCUT2D eigenvalue weighted by Gasteiger charge is -2.00. The van der Waals surface area contributed by atoms with Crippen LogP contribution in [-0.2, 0) is 0 Å². The second kappa shape index (κ2) is 84.3. The van der Waals surface area contributed by atoms with Crippen molar-refractivity contribution in [1.82, 2.24) is 0 Å². The van der Waals surface area contributed by atoms with Crippen LogP contribution in [0.25, 0.3) is 76.1 Å². The molecule has 22 rings (SSSR count). The van der Waals surface area contributed by atoms with Crippen LogP contribution in [-0.4, -0.2) is 0 Å². The van der Waals surface area contributed by atoms with Gasteiger partial charge >= 0.3 is 0 Å². The van der Waals surface area contributed by atoms with Gasteiger partial charge in [0.15, 0.2) is 0 Å². The first-order chi connectivity index (χ1) is 72.7. The molecule has 0 saturated carbocycles. The number of aryl methyl sites for hydroxylation is 15. The zero-order valence-electron chi connectivity index (χ0n) is 95.2. The molecule has 0 radical (unpaired) electrons. The molecule has 0 saturated heterocycles. The molecule has 0 heteroatoms. The van der Waals surface area contributed by atoms with Crippen molar-refractivity contribution in [2.75, 3.05) is 0 Å². The lowest BCUT2D eigenvalue weighted by molar-refractivity contribution is 1.47. The highest BCUT2D eigenvalue weighted by Gasteiger charge is 1.99. The van der Waals surface area contributed by atoms with E-state index in [2.05, 4.69) is 510 Å². The molecule has 0 unspecified atom stereocenters. The van der Waals surface area contributed by atoms with Crippen molar-refractivity contribution in [1.29, 1.82) is 0 Å². The van der Waals surface area contributed by atoms with Crippen LogP contribution in [0, 0.1) is 104 Å². The standard InChI is InChI=1S/2C13H12.5C11H10.8C7H8.6C2H6/c2*1-11-7-9-13(10-8-11)12-5-3-2-4-6-12;2*1-9-5-4-7-10-6-2-3-8-11(9)10;3*1-9-6-7-10-4-2-3-5-11(10)8-9;8*1-7-5-3-2-4-6-7;6*1-2/h2*2-10H,1H3;5*2-8H,1H3;8*2-6H,1H3;6*1-2H3. The largest absolute Gasteiger partial charge is 0.0683 e. The maximum Gasteiger partial charge on any atom is -0.0155 e. The van der Waals surface area contributed by atoms with E-state index in [4.69, 9.17) is 0 Å². The van der Waals surface area contributed by atoms with Crippen molar-refractivity contribution < 1.29 is 0 Å². The molecule has 0 bridgehead atoms. The smallest absolute Gasteiger partial charge is 0.0155 e. The zero-order valence-corrected chi connectivity index (χ0v) is 95.2. The van der Waals surface area contributed by atoms with Gasteiger partial charge in [-0.15, -0.1) is 0 Å². The average molecular weight is 1970 g/mol. The Bertz CT molecular complexity index is 6070. The van der Waals surface area contributed by atoms with Crippen LogP contribution < -0.4 is 0 Å². The monoisotopic (exact) mass is 1960 g/mol. The summed E-state index contributed by atoms with van der Waals surface area (Å²) >= 11 is 0. The van der Waals surface area contributed by atoms with Crippen LogP contribution in [0.1, 0.15) is 167 Å². The molecule has 22 aromatic carbocycles. The van der Waals surface area contributed by atoms with Gasteiger partial charge in [0.05, 0.1) is 0 Å². The van der Waals surface area contributed by atoms with E-state index in [1.807, 2.05) is 241 Å². The number of hydrogen-bond acceptors (Lipinski definition) is 0. The minimum absolute atomic E-state index is 1.28. The molecule has 0 aliphatic carbocycles. The molecular formula is C149H174. The Morgan fingerprint density at radius 2 is 0.221 bits per heavy atom. The highest BCUT2D eigenvalue weighted by atomic mass is 14.0. The topological polar surface area (TPSA) is 0 Å². The maximum absolute atomic E-state index is 2.20. The SMILES string of the molecule is CC.CC.CC.CC.CC.CC.Cc1ccc(-c2ccccc2)cc1.Cc1ccc(-c2ccccc2)cc1.Cc1ccc2ccccc2c1.Cc1ccc2ccccc2c1.Cc1ccc2ccccc2c1.Cc1cccc2ccccc12.Cc1cccc2ccccc12.Cc1ccccc1.Cc1ccccc1.Cc1ccccc1.Cc1ccccc1.Cc1ccccc1.Cc1ccccc1.Cc1ccccc1.Cc1ccccc1. The predicted molar refractivity (Wildman–Crippen MR) is 674 cm³/mol. The van der Waals surface area contributed by atoms with Crippen LogP contribution in [0.5, 0.6) is 0 Å². The molecule has 0 N–H and O–H groups in total. The Labute approximate surface area is 904 Å². The lowest BCUT2D eigenvalue weighted by Crippen LogP contribution is -1.76. The van der Waals surface area contributed by atoms with Crippen LogP contribution in [0.3, 0.4) is 0 Å². The molecule has 0 aromatic heterocycles. The molecule has 770 valence electrons. The third-order valence-corrected chi connectivity index (χ3v) is 21.6. The van der Waals surface area contributed by atoms with Crippen molar-refractivity contribution in [2.24, 2.45) is 0 Å². The van der Waals surface area contributed by atoms with E-state index in [9.17, 15) is 0 Å². The molecule has 0 aliphatic heterocycles. The maximum atomic E-state index is 2.20. The van der Waals surface area contributed by atoms with Crippen LogP contribution in [0.15, 0.2) is 564 Å². The average Bonchev–Trinajstić information content (AvgIpc) is 0.867. The first kappa shape index (κ1) is 129. The van der Waals surface area contributed by atoms with Gasteiger partial charge in [-0.1, -0.05) is 720 Å². The summed E-state index contributed by atoms with van der Waals surface area (Å²) in [5.74, 6) is 0. The highest BCUT2D eigenvalue weighted by Crippen LogP contribution is 2.24. The molecule has 0 spiro atoms. The Kier molecular flexibility index (Phi) is 73.1. The minimum Gasteiger partial charge on any atom is -0.0683 e.